The highest BCUT2D eigenvalue weighted by molar-refractivity contribution is 7.89. The summed E-state index contributed by atoms with van der Waals surface area (Å²) in [6.07, 6.45) is 0.802. The number of ketones is 1. The Kier molecular flexibility index (Phi) is 6.05. The zero-order chi connectivity index (χ0) is 20.3. The van der Waals surface area contributed by atoms with Gasteiger partial charge in [0.15, 0.2) is 17.3 Å². The van der Waals surface area contributed by atoms with E-state index >= 15 is 0 Å². The first kappa shape index (κ1) is 20.4. The Balaban J connectivity index is 1.92. The van der Waals surface area contributed by atoms with Crippen LogP contribution < -0.4 is 14.2 Å². The fraction of sp³-hybridized carbons (Fsp3) is 0.381. The van der Waals surface area contributed by atoms with Crippen molar-refractivity contribution in [1.29, 1.82) is 0 Å². The molecule has 0 aliphatic carbocycles. The van der Waals surface area contributed by atoms with Gasteiger partial charge in [-0.25, -0.2) is 13.1 Å². The highest BCUT2D eigenvalue weighted by Gasteiger charge is 2.25. The van der Waals surface area contributed by atoms with E-state index in [4.69, 9.17) is 9.47 Å². The van der Waals surface area contributed by atoms with Gasteiger partial charge in [0, 0.05) is 18.0 Å². The maximum atomic E-state index is 13.0. The van der Waals surface area contributed by atoms with Crippen LogP contribution in [0.4, 0.5) is 0 Å². The molecule has 0 bridgehead atoms. The molecule has 0 fully saturated rings. The van der Waals surface area contributed by atoms with Crippen molar-refractivity contribution in [3.63, 3.8) is 0 Å². The topological polar surface area (TPSA) is 81.7 Å². The number of Topliss-reactive ketones (excluding diaryl/α,β-unsaturated/α-hetero) is 1. The second kappa shape index (κ2) is 8.32. The molecule has 3 rings (SSSR count). The quantitative estimate of drug-likeness (QED) is 0.744. The molecule has 0 spiro atoms. The van der Waals surface area contributed by atoms with Crippen molar-refractivity contribution in [3.05, 3.63) is 53.6 Å². The molecule has 1 aliphatic rings. The Morgan fingerprint density at radius 3 is 2.43 bits per heavy atom. The Hall–Kier alpha value is -2.38. The Morgan fingerprint density at radius 1 is 1.04 bits per heavy atom. The zero-order valence-corrected chi connectivity index (χ0v) is 17.1. The van der Waals surface area contributed by atoms with Gasteiger partial charge in [-0.15, -0.1) is 0 Å². The predicted molar refractivity (Wildman–Crippen MR) is 106 cm³/mol. The third kappa shape index (κ3) is 4.54. The average Bonchev–Trinajstić information content (AvgIpc) is 2.90. The van der Waals surface area contributed by atoms with Gasteiger partial charge in [0.25, 0.3) is 0 Å². The van der Waals surface area contributed by atoms with Gasteiger partial charge in [-0.2, -0.15) is 0 Å². The molecule has 1 N–H and O–H groups in total. The van der Waals surface area contributed by atoms with E-state index in [0.29, 0.717) is 30.3 Å². The van der Waals surface area contributed by atoms with Gasteiger partial charge >= 0.3 is 0 Å². The summed E-state index contributed by atoms with van der Waals surface area (Å²) in [4.78, 5) is 11.7. The SMILES string of the molecule is CC(=O)c1cccc(S(=O)(=O)NC(c2ccc3c(c2)OCCCO3)C(C)C)c1. The molecule has 1 aliphatic heterocycles. The smallest absolute Gasteiger partial charge is 0.241 e. The van der Waals surface area contributed by atoms with Crippen molar-refractivity contribution >= 4 is 15.8 Å². The van der Waals surface area contributed by atoms with E-state index in [1.54, 1.807) is 12.1 Å². The molecule has 0 saturated heterocycles. The normalized spacial score (nSPS) is 15.1. The van der Waals surface area contributed by atoms with Crippen LogP contribution in [0.1, 0.15) is 49.2 Å². The van der Waals surface area contributed by atoms with E-state index in [2.05, 4.69) is 4.72 Å². The van der Waals surface area contributed by atoms with Crippen LogP contribution in [0, 0.1) is 5.92 Å². The van der Waals surface area contributed by atoms with Crippen LogP contribution in [0.5, 0.6) is 11.5 Å². The molecule has 1 atom stereocenters. The molecular formula is C21H25NO5S. The fourth-order valence-corrected chi connectivity index (χ4v) is 4.50. The number of ether oxygens (including phenoxy) is 2. The maximum absolute atomic E-state index is 13.0. The highest BCUT2D eigenvalue weighted by atomic mass is 32.2. The van der Waals surface area contributed by atoms with Crippen molar-refractivity contribution in [2.75, 3.05) is 13.2 Å². The van der Waals surface area contributed by atoms with Gasteiger partial charge in [0.05, 0.1) is 18.1 Å². The van der Waals surface area contributed by atoms with Crippen molar-refractivity contribution in [3.8, 4) is 11.5 Å². The second-order valence-corrected chi connectivity index (χ2v) is 8.90. The average molecular weight is 404 g/mol. The number of hydrogen-bond acceptors (Lipinski definition) is 5. The lowest BCUT2D eigenvalue weighted by Gasteiger charge is -2.24. The molecule has 0 saturated carbocycles. The van der Waals surface area contributed by atoms with Crippen molar-refractivity contribution in [2.45, 2.75) is 38.1 Å². The van der Waals surface area contributed by atoms with Crippen molar-refractivity contribution in [1.82, 2.24) is 4.72 Å². The summed E-state index contributed by atoms with van der Waals surface area (Å²) in [7, 11) is -3.81. The summed E-state index contributed by atoms with van der Waals surface area (Å²) in [5, 5.41) is 0. The van der Waals surface area contributed by atoms with Crippen LogP contribution in [-0.4, -0.2) is 27.4 Å². The third-order valence-electron chi connectivity index (χ3n) is 4.63. The lowest BCUT2D eigenvalue weighted by molar-refractivity contribution is 0.101. The maximum Gasteiger partial charge on any atom is 0.241 e. The largest absolute Gasteiger partial charge is 0.490 e. The zero-order valence-electron chi connectivity index (χ0n) is 16.3. The number of benzene rings is 2. The predicted octanol–water partition coefficient (Wildman–Crippen LogP) is 3.73. The van der Waals surface area contributed by atoms with Crippen molar-refractivity contribution < 1.29 is 22.7 Å². The van der Waals surface area contributed by atoms with E-state index in [0.717, 1.165) is 12.0 Å². The molecule has 0 amide bonds. The van der Waals surface area contributed by atoms with Crippen LogP contribution in [0.15, 0.2) is 47.4 Å². The molecule has 28 heavy (non-hydrogen) atoms. The minimum atomic E-state index is -3.81. The van der Waals surface area contributed by atoms with E-state index in [1.807, 2.05) is 32.0 Å². The lowest BCUT2D eigenvalue weighted by atomic mass is 9.97. The standard InChI is InChI=1S/C21H25NO5S/c1-14(2)21(17-8-9-19-20(13-17)27-11-5-10-26-19)22-28(24,25)18-7-4-6-16(12-18)15(3)23/h4,6-9,12-14,21-22H,5,10-11H2,1-3H3. The summed E-state index contributed by atoms with van der Waals surface area (Å²) < 4.78 is 40.1. The number of hydrogen-bond donors (Lipinski definition) is 1. The summed E-state index contributed by atoms with van der Waals surface area (Å²) in [6.45, 7) is 6.46. The van der Waals surface area contributed by atoms with Gasteiger partial charge in [-0.3, -0.25) is 4.79 Å². The first-order chi connectivity index (χ1) is 13.3. The molecule has 6 nitrogen and oxygen atoms in total. The number of rotatable bonds is 6. The molecule has 1 unspecified atom stereocenters. The minimum absolute atomic E-state index is 0.00416. The molecule has 0 aromatic heterocycles. The lowest BCUT2D eigenvalue weighted by Crippen LogP contribution is -2.32. The third-order valence-corrected chi connectivity index (χ3v) is 6.07. The molecule has 2 aromatic carbocycles. The monoisotopic (exact) mass is 403 g/mol. The molecule has 7 heteroatoms. The Morgan fingerprint density at radius 2 is 1.75 bits per heavy atom. The number of sulfonamides is 1. The van der Waals surface area contributed by atoms with Crippen LogP contribution in [0.2, 0.25) is 0 Å². The first-order valence-corrected chi connectivity index (χ1v) is 10.8. The van der Waals surface area contributed by atoms with Crippen LogP contribution in [-0.2, 0) is 10.0 Å². The van der Waals surface area contributed by atoms with Crippen molar-refractivity contribution in [2.24, 2.45) is 5.92 Å². The number of carbonyl (C=O) groups is 1. The number of carbonyl (C=O) groups excluding carboxylic acids is 1. The summed E-state index contributed by atoms with van der Waals surface area (Å²) in [6, 6.07) is 11.1. The van der Waals surface area contributed by atoms with E-state index < -0.39 is 16.1 Å². The Bertz CT molecular complexity index is 969. The van der Waals surface area contributed by atoms with E-state index in [9.17, 15) is 13.2 Å². The molecule has 1 heterocycles. The van der Waals surface area contributed by atoms with E-state index in [1.165, 1.54) is 19.1 Å². The fourth-order valence-electron chi connectivity index (χ4n) is 3.08. The summed E-state index contributed by atoms with van der Waals surface area (Å²) in [5.74, 6) is 1.11. The Labute approximate surface area is 165 Å². The van der Waals surface area contributed by atoms with Gasteiger partial charge in [-0.05, 0) is 42.7 Å². The number of nitrogens with one attached hydrogen (secondary N) is 1. The summed E-state index contributed by atoms with van der Waals surface area (Å²) >= 11 is 0. The summed E-state index contributed by atoms with van der Waals surface area (Å²) in [5.41, 5.74) is 1.16. The van der Waals surface area contributed by atoms with Gasteiger partial charge in [0.1, 0.15) is 0 Å². The van der Waals surface area contributed by atoms with E-state index in [-0.39, 0.29) is 16.6 Å². The van der Waals surface area contributed by atoms with Gasteiger partial charge < -0.3 is 9.47 Å². The highest BCUT2D eigenvalue weighted by Crippen LogP contribution is 2.34. The van der Waals surface area contributed by atoms with Crippen LogP contribution in [0.3, 0.4) is 0 Å². The first-order valence-electron chi connectivity index (χ1n) is 9.31. The second-order valence-electron chi connectivity index (χ2n) is 7.18. The molecule has 0 radical (unpaired) electrons. The minimum Gasteiger partial charge on any atom is -0.490 e. The number of fused-ring (bicyclic) bond motifs is 1. The molecular weight excluding hydrogens is 378 g/mol. The van der Waals surface area contributed by atoms with Crippen LogP contribution in [0.25, 0.3) is 0 Å². The molecule has 150 valence electrons. The van der Waals surface area contributed by atoms with Gasteiger partial charge in [0.2, 0.25) is 10.0 Å². The van der Waals surface area contributed by atoms with Crippen LogP contribution >= 0.6 is 0 Å². The van der Waals surface area contributed by atoms with Gasteiger partial charge in [-0.1, -0.05) is 32.0 Å². The molecule has 2 aromatic rings.